The Balaban J connectivity index is 1.83. The molecule has 1 fully saturated rings. The Morgan fingerprint density at radius 2 is 1.63 bits per heavy atom. The smallest absolute Gasteiger partial charge is 0.228 e. The van der Waals surface area contributed by atoms with E-state index < -0.39 is 0 Å². The highest BCUT2D eigenvalue weighted by Gasteiger charge is 2.34. The highest BCUT2D eigenvalue weighted by molar-refractivity contribution is 6.30. The summed E-state index contributed by atoms with van der Waals surface area (Å²) >= 11 is 12.1. The minimum atomic E-state index is 0.0979. The minimum Gasteiger partial charge on any atom is -0.308 e. The maximum absolute atomic E-state index is 13.2. The van der Waals surface area contributed by atoms with E-state index in [1.165, 1.54) is 18.4 Å². The van der Waals surface area contributed by atoms with Gasteiger partial charge in [0.15, 0.2) is 0 Å². The van der Waals surface area contributed by atoms with Crippen LogP contribution in [0.3, 0.4) is 0 Å². The van der Waals surface area contributed by atoms with Crippen LogP contribution < -0.4 is 4.90 Å². The zero-order valence-corrected chi connectivity index (χ0v) is 19.3. The third-order valence-corrected chi connectivity index (χ3v) is 6.56. The number of amides is 1. The Labute approximate surface area is 191 Å². The van der Waals surface area contributed by atoms with Crippen LogP contribution >= 0.6 is 23.2 Å². The summed E-state index contributed by atoms with van der Waals surface area (Å²) in [5, 5.41) is 0.681. The van der Waals surface area contributed by atoms with E-state index in [9.17, 15) is 4.79 Å². The van der Waals surface area contributed by atoms with Gasteiger partial charge in [0, 0.05) is 35.6 Å². The molecule has 1 saturated carbocycles. The number of benzene rings is 2. The molecule has 0 aliphatic heterocycles. The third-order valence-electron chi connectivity index (χ3n) is 6.12. The van der Waals surface area contributed by atoms with Gasteiger partial charge >= 0.3 is 0 Å². The largest absolute Gasteiger partial charge is 0.308 e. The summed E-state index contributed by atoms with van der Waals surface area (Å²) < 4.78 is 0. The minimum absolute atomic E-state index is 0.0979. The van der Waals surface area contributed by atoms with Crippen molar-refractivity contribution in [1.29, 1.82) is 0 Å². The first-order valence-electron chi connectivity index (χ1n) is 11.0. The predicted molar refractivity (Wildman–Crippen MR) is 128 cm³/mol. The summed E-state index contributed by atoms with van der Waals surface area (Å²) in [6, 6.07) is 18.7. The first kappa shape index (κ1) is 23.1. The predicted octanol–water partition coefficient (Wildman–Crippen LogP) is 6.18. The monoisotopic (exact) mass is 446 g/mol. The van der Waals surface area contributed by atoms with E-state index in [1.807, 2.05) is 29.2 Å². The third kappa shape index (κ3) is 6.23. The molecule has 2 atom stereocenters. The highest BCUT2D eigenvalue weighted by atomic mass is 35.5. The summed E-state index contributed by atoms with van der Waals surface area (Å²) in [6.45, 7) is 0.976. The number of anilines is 1. The molecule has 5 heteroatoms. The van der Waals surface area contributed by atoms with Crippen LogP contribution in [0.15, 0.2) is 54.6 Å². The highest BCUT2D eigenvalue weighted by Crippen LogP contribution is 2.31. The summed E-state index contributed by atoms with van der Waals surface area (Å²) in [5.41, 5.74) is 2.27. The number of nitrogens with zero attached hydrogens (tertiary/aromatic N) is 2. The number of carbonyl (C=O) groups excluding carboxylic acids is 1. The van der Waals surface area contributed by atoms with Crippen molar-refractivity contribution in [3.05, 3.63) is 65.2 Å². The fraction of sp³-hybridized carbons (Fsp3) is 0.480. The lowest BCUT2D eigenvalue weighted by Crippen LogP contribution is -2.53. The van der Waals surface area contributed by atoms with Gasteiger partial charge in [-0.15, -0.1) is 11.6 Å². The molecule has 1 amide bonds. The molecule has 1 aliphatic rings. The Hall–Kier alpha value is -1.55. The summed E-state index contributed by atoms with van der Waals surface area (Å²) in [6.07, 6.45) is 7.04. The van der Waals surface area contributed by atoms with E-state index in [2.05, 4.69) is 42.3 Å². The summed E-state index contributed by atoms with van der Waals surface area (Å²) in [7, 11) is 2.21. The molecule has 0 bridgehead atoms. The zero-order valence-electron chi connectivity index (χ0n) is 17.8. The van der Waals surface area contributed by atoms with Gasteiger partial charge in [-0.05, 0) is 56.1 Å². The van der Waals surface area contributed by atoms with E-state index in [0.717, 1.165) is 37.9 Å². The quantitative estimate of drug-likeness (QED) is 0.357. The van der Waals surface area contributed by atoms with Gasteiger partial charge < -0.3 is 9.80 Å². The Bertz CT molecular complexity index is 781. The second-order valence-corrected chi connectivity index (χ2v) is 8.98. The first-order valence-corrected chi connectivity index (χ1v) is 11.9. The number of carbonyl (C=O) groups is 1. The fourth-order valence-corrected chi connectivity index (χ4v) is 4.81. The zero-order chi connectivity index (χ0) is 21.3. The van der Waals surface area contributed by atoms with Crippen LogP contribution in [0.25, 0.3) is 0 Å². The number of hydrogen-bond acceptors (Lipinski definition) is 2. The molecule has 0 N–H and O–H groups in total. The van der Waals surface area contributed by atoms with Crippen LogP contribution in [0.1, 0.15) is 44.1 Å². The van der Waals surface area contributed by atoms with Crippen molar-refractivity contribution in [3.8, 4) is 0 Å². The van der Waals surface area contributed by atoms with Crippen LogP contribution in [0.5, 0.6) is 0 Å². The van der Waals surface area contributed by atoms with Crippen molar-refractivity contribution >= 4 is 34.8 Å². The summed E-state index contributed by atoms with van der Waals surface area (Å²) in [4.78, 5) is 17.6. The van der Waals surface area contributed by atoms with Crippen molar-refractivity contribution in [1.82, 2.24) is 4.90 Å². The van der Waals surface area contributed by atoms with Gasteiger partial charge in [0.05, 0.1) is 6.04 Å². The maximum Gasteiger partial charge on any atom is 0.228 e. The van der Waals surface area contributed by atoms with Crippen molar-refractivity contribution in [2.75, 3.05) is 24.4 Å². The summed E-state index contributed by atoms with van der Waals surface area (Å²) in [5.74, 6) is 0.435. The number of likely N-dealkylation sites (N-methyl/N-ethyl adjacent to an activating group) is 1. The second kappa shape index (κ2) is 11.7. The molecular formula is C25H32Cl2N2O. The van der Waals surface area contributed by atoms with E-state index in [0.29, 0.717) is 23.4 Å². The SMILES string of the molecule is CN(CCc1ccccc1)C1CCCCCC1N(C(=O)CCCl)c1ccc(Cl)cc1. The van der Waals surface area contributed by atoms with Gasteiger partial charge in [-0.25, -0.2) is 0 Å². The van der Waals surface area contributed by atoms with Crippen LogP contribution in [-0.2, 0) is 11.2 Å². The van der Waals surface area contributed by atoms with Crippen LogP contribution in [0.2, 0.25) is 5.02 Å². The standard InChI is InChI=1S/C25H32Cl2N2O/c1-28(19-17-20-8-4-2-5-9-20)23-10-6-3-7-11-24(23)29(25(30)16-18-26)22-14-12-21(27)13-15-22/h2,4-5,8-9,12-15,23-24H,3,6-7,10-11,16-19H2,1H3. The molecule has 0 radical (unpaired) electrons. The second-order valence-electron chi connectivity index (χ2n) is 8.17. The van der Waals surface area contributed by atoms with Gasteiger partial charge in [-0.3, -0.25) is 4.79 Å². The molecule has 3 nitrogen and oxygen atoms in total. The fourth-order valence-electron chi connectivity index (χ4n) is 4.52. The van der Waals surface area contributed by atoms with Crippen LogP contribution in [-0.4, -0.2) is 42.4 Å². The molecule has 1 aliphatic carbocycles. The molecule has 30 heavy (non-hydrogen) atoms. The van der Waals surface area contributed by atoms with E-state index >= 15 is 0 Å². The van der Waals surface area contributed by atoms with Crippen molar-refractivity contribution < 1.29 is 4.79 Å². The molecular weight excluding hydrogens is 415 g/mol. The van der Waals surface area contributed by atoms with Crippen LogP contribution in [0, 0.1) is 0 Å². The molecule has 2 aromatic carbocycles. The average molecular weight is 447 g/mol. The van der Waals surface area contributed by atoms with Gasteiger partial charge in [-0.2, -0.15) is 0 Å². The molecule has 0 aromatic heterocycles. The topological polar surface area (TPSA) is 23.6 Å². The van der Waals surface area contributed by atoms with Gasteiger partial charge in [-0.1, -0.05) is 61.2 Å². The van der Waals surface area contributed by atoms with E-state index in [1.54, 1.807) is 0 Å². The van der Waals surface area contributed by atoms with Gasteiger partial charge in [0.2, 0.25) is 5.91 Å². The Kier molecular flexibility index (Phi) is 9.05. The average Bonchev–Trinajstić information content (AvgIpc) is 3.01. The molecule has 0 heterocycles. The van der Waals surface area contributed by atoms with Crippen molar-refractivity contribution in [3.63, 3.8) is 0 Å². The lowest BCUT2D eigenvalue weighted by atomic mass is 9.97. The maximum atomic E-state index is 13.2. The number of rotatable bonds is 8. The van der Waals surface area contributed by atoms with Crippen molar-refractivity contribution in [2.24, 2.45) is 0 Å². The lowest BCUT2D eigenvalue weighted by Gasteiger charge is -2.40. The van der Waals surface area contributed by atoms with Crippen molar-refractivity contribution in [2.45, 2.75) is 57.0 Å². The Morgan fingerprint density at radius 1 is 0.967 bits per heavy atom. The molecule has 2 unspecified atom stereocenters. The van der Waals surface area contributed by atoms with Crippen LogP contribution in [0.4, 0.5) is 5.69 Å². The van der Waals surface area contributed by atoms with E-state index in [4.69, 9.17) is 23.2 Å². The number of hydrogen-bond donors (Lipinski definition) is 0. The molecule has 2 aromatic rings. The van der Waals surface area contributed by atoms with Gasteiger partial charge in [0.1, 0.15) is 0 Å². The molecule has 0 saturated heterocycles. The number of halogens is 2. The molecule has 0 spiro atoms. The number of alkyl halides is 1. The normalized spacial score (nSPS) is 19.5. The molecule has 162 valence electrons. The lowest BCUT2D eigenvalue weighted by molar-refractivity contribution is -0.119. The first-order chi connectivity index (χ1) is 14.6. The molecule has 3 rings (SSSR count). The van der Waals surface area contributed by atoms with E-state index in [-0.39, 0.29) is 11.9 Å². The van der Waals surface area contributed by atoms with Gasteiger partial charge in [0.25, 0.3) is 0 Å². The Morgan fingerprint density at radius 3 is 2.30 bits per heavy atom.